The first-order chi connectivity index (χ1) is 9.73. The number of sulfone groups is 1. The Morgan fingerprint density at radius 2 is 2.14 bits per heavy atom. The second kappa shape index (κ2) is 6.99. The summed E-state index contributed by atoms with van der Waals surface area (Å²) >= 11 is 0. The number of rotatable bonds is 8. The van der Waals surface area contributed by atoms with Crippen LogP contribution in [0.5, 0.6) is 0 Å². The van der Waals surface area contributed by atoms with Gasteiger partial charge in [-0.25, -0.2) is 8.42 Å². The molecule has 1 amide bonds. The van der Waals surface area contributed by atoms with Crippen LogP contribution in [0, 0.1) is 10.1 Å². The average Bonchev–Trinajstić information content (AvgIpc) is 2.36. The second-order valence-corrected chi connectivity index (χ2v) is 6.11. The van der Waals surface area contributed by atoms with Gasteiger partial charge in [0.05, 0.1) is 11.5 Å². The van der Waals surface area contributed by atoms with E-state index in [0.717, 1.165) is 6.26 Å². The molecule has 0 radical (unpaired) electrons. The van der Waals surface area contributed by atoms with Crippen molar-refractivity contribution in [1.82, 2.24) is 0 Å². The fourth-order valence-corrected chi connectivity index (χ4v) is 2.44. The summed E-state index contributed by atoms with van der Waals surface area (Å²) in [5, 5.41) is 13.8. The Kier molecular flexibility index (Phi) is 5.61. The van der Waals surface area contributed by atoms with Crippen molar-refractivity contribution in [3.8, 4) is 0 Å². The molecule has 0 aromatic heterocycles. The first-order valence-electron chi connectivity index (χ1n) is 5.81. The first-order valence-corrected chi connectivity index (χ1v) is 7.70. The van der Waals surface area contributed by atoms with E-state index in [-0.39, 0.29) is 30.3 Å². The third-order valence-electron chi connectivity index (χ3n) is 2.39. The average molecular weight is 317 g/mol. The van der Waals surface area contributed by atoms with Crippen molar-refractivity contribution in [3.63, 3.8) is 0 Å². The molecule has 1 rings (SSSR count). The monoisotopic (exact) mass is 317 g/mol. The molecule has 0 atom stereocenters. The predicted octanol–water partition coefficient (Wildman–Crippen LogP) is -0.0879. The maximum atomic E-state index is 11.6. The van der Waals surface area contributed by atoms with Crippen LogP contribution in [0.3, 0.4) is 0 Å². The van der Waals surface area contributed by atoms with E-state index in [2.05, 4.69) is 5.32 Å². The second-order valence-electron chi connectivity index (χ2n) is 4.13. The van der Waals surface area contributed by atoms with Crippen LogP contribution in [0.1, 0.15) is 0 Å². The topological polar surface area (TPSA) is 142 Å². The van der Waals surface area contributed by atoms with Crippen LogP contribution in [0.4, 0.5) is 11.4 Å². The molecular weight excluding hydrogens is 302 g/mol. The van der Waals surface area contributed by atoms with Crippen LogP contribution < -0.4 is 11.1 Å². The van der Waals surface area contributed by atoms with E-state index in [0.29, 0.717) is 0 Å². The summed E-state index contributed by atoms with van der Waals surface area (Å²) in [4.78, 5) is 20.4. The molecular formula is C11H15N3O6S. The summed E-state index contributed by atoms with van der Waals surface area (Å²) in [6, 6.07) is 3.96. The number of para-hydroxylation sites is 1. The van der Waals surface area contributed by atoms with Gasteiger partial charge in [0.2, 0.25) is 5.91 Å². The molecule has 0 aliphatic heterocycles. The van der Waals surface area contributed by atoms with Crippen molar-refractivity contribution in [2.75, 3.05) is 31.3 Å². The number of hydrogen-bond donors (Lipinski definition) is 2. The van der Waals surface area contributed by atoms with E-state index in [1.807, 2.05) is 0 Å². The van der Waals surface area contributed by atoms with E-state index in [9.17, 15) is 23.3 Å². The largest absolute Gasteiger partial charge is 0.377 e. The zero-order valence-corrected chi connectivity index (χ0v) is 12.1. The van der Waals surface area contributed by atoms with Crippen molar-refractivity contribution < 1.29 is 22.9 Å². The molecule has 116 valence electrons. The molecule has 10 heteroatoms. The SMILES string of the molecule is CS(=O)(=O)c1cccc(NCCOCC(N)=O)c1[N+](=O)[O-]. The van der Waals surface area contributed by atoms with Crippen LogP contribution in [0.15, 0.2) is 23.1 Å². The van der Waals surface area contributed by atoms with E-state index >= 15 is 0 Å². The Balaban J connectivity index is 2.88. The standard InChI is InChI=1S/C11H15N3O6S/c1-21(18,19)9-4-2-3-8(11(9)14(16)17)13-5-6-20-7-10(12)15/h2-4,13H,5-7H2,1H3,(H2,12,15). The smallest absolute Gasteiger partial charge is 0.310 e. The van der Waals surface area contributed by atoms with Crippen LogP contribution in [-0.2, 0) is 19.4 Å². The van der Waals surface area contributed by atoms with Gasteiger partial charge in [-0.05, 0) is 12.1 Å². The number of carbonyl (C=O) groups excluding carboxylic acids is 1. The molecule has 1 aromatic rings. The van der Waals surface area contributed by atoms with Gasteiger partial charge in [-0.3, -0.25) is 14.9 Å². The summed E-state index contributed by atoms with van der Waals surface area (Å²) in [5.41, 5.74) is 4.42. The number of anilines is 1. The Hall–Kier alpha value is -2.20. The molecule has 3 N–H and O–H groups in total. The number of ether oxygens (including phenoxy) is 1. The molecule has 0 fully saturated rings. The number of primary amides is 1. The number of nitrogens with one attached hydrogen (secondary N) is 1. The minimum absolute atomic E-state index is 0.0607. The zero-order valence-electron chi connectivity index (χ0n) is 11.2. The van der Waals surface area contributed by atoms with E-state index in [4.69, 9.17) is 10.5 Å². The van der Waals surface area contributed by atoms with Gasteiger partial charge in [-0.2, -0.15) is 0 Å². The lowest BCUT2D eigenvalue weighted by Crippen LogP contribution is -2.20. The Labute approximate surface area is 121 Å². The lowest BCUT2D eigenvalue weighted by molar-refractivity contribution is -0.386. The fourth-order valence-electron chi connectivity index (χ4n) is 1.58. The van der Waals surface area contributed by atoms with Crippen LogP contribution in [0.25, 0.3) is 0 Å². The van der Waals surface area contributed by atoms with Crippen molar-refractivity contribution in [1.29, 1.82) is 0 Å². The fraction of sp³-hybridized carbons (Fsp3) is 0.364. The Bertz CT molecular complexity index is 643. The number of benzene rings is 1. The van der Waals surface area contributed by atoms with Gasteiger partial charge >= 0.3 is 5.69 Å². The third-order valence-corrected chi connectivity index (χ3v) is 3.52. The first kappa shape index (κ1) is 16.9. The molecule has 0 spiro atoms. The molecule has 0 unspecified atom stereocenters. The highest BCUT2D eigenvalue weighted by Gasteiger charge is 2.25. The molecule has 21 heavy (non-hydrogen) atoms. The summed E-state index contributed by atoms with van der Waals surface area (Å²) in [5.74, 6) is -0.625. The minimum Gasteiger partial charge on any atom is -0.377 e. The van der Waals surface area contributed by atoms with Gasteiger partial charge in [-0.15, -0.1) is 0 Å². The molecule has 9 nitrogen and oxygen atoms in total. The van der Waals surface area contributed by atoms with Crippen molar-refractivity contribution >= 4 is 27.1 Å². The number of amides is 1. The Morgan fingerprint density at radius 3 is 2.67 bits per heavy atom. The maximum absolute atomic E-state index is 11.6. The van der Waals surface area contributed by atoms with E-state index in [1.54, 1.807) is 0 Å². The number of nitrogens with two attached hydrogens (primary N) is 1. The van der Waals surface area contributed by atoms with Gasteiger partial charge < -0.3 is 15.8 Å². The van der Waals surface area contributed by atoms with Gasteiger partial charge in [0, 0.05) is 12.8 Å². The molecule has 1 aromatic carbocycles. The zero-order chi connectivity index (χ0) is 16.0. The van der Waals surface area contributed by atoms with Crippen LogP contribution in [0.2, 0.25) is 0 Å². The number of nitrogens with zero attached hydrogens (tertiary/aromatic N) is 1. The van der Waals surface area contributed by atoms with E-state index in [1.165, 1.54) is 18.2 Å². The van der Waals surface area contributed by atoms with Gasteiger partial charge in [0.15, 0.2) is 9.84 Å². The van der Waals surface area contributed by atoms with Crippen LogP contribution in [-0.4, -0.2) is 45.3 Å². The highest BCUT2D eigenvalue weighted by molar-refractivity contribution is 7.90. The minimum atomic E-state index is -3.72. The molecule has 0 saturated heterocycles. The van der Waals surface area contributed by atoms with Gasteiger partial charge in [0.25, 0.3) is 0 Å². The van der Waals surface area contributed by atoms with Crippen molar-refractivity contribution in [3.05, 3.63) is 28.3 Å². The van der Waals surface area contributed by atoms with Gasteiger partial charge in [0.1, 0.15) is 17.2 Å². The highest BCUT2D eigenvalue weighted by Crippen LogP contribution is 2.31. The molecule has 0 bridgehead atoms. The summed E-state index contributed by atoms with van der Waals surface area (Å²) in [6.07, 6.45) is 0.898. The number of nitro groups is 1. The molecule has 0 aliphatic rings. The molecule has 0 heterocycles. The summed E-state index contributed by atoms with van der Waals surface area (Å²) in [6.45, 7) is -0.0162. The summed E-state index contributed by atoms with van der Waals surface area (Å²) < 4.78 is 28.0. The normalized spacial score (nSPS) is 11.1. The number of hydrogen-bond acceptors (Lipinski definition) is 7. The Morgan fingerprint density at radius 1 is 1.48 bits per heavy atom. The van der Waals surface area contributed by atoms with E-state index < -0.39 is 26.4 Å². The number of nitro benzene ring substituents is 1. The quantitative estimate of drug-likeness (QED) is 0.387. The lowest BCUT2D eigenvalue weighted by Gasteiger charge is -2.09. The summed E-state index contributed by atoms with van der Waals surface area (Å²) in [7, 11) is -3.72. The van der Waals surface area contributed by atoms with Crippen molar-refractivity contribution in [2.24, 2.45) is 5.73 Å². The van der Waals surface area contributed by atoms with Crippen LogP contribution >= 0.6 is 0 Å². The van der Waals surface area contributed by atoms with Gasteiger partial charge in [-0.1, -0.05) is 6.07 Å². The maximum Gasteiger partial charge on any atom is 0.310 e. The third kappa shape index (κ3) is 5.00. The van der Waals surface area contributed by atoms with Crippen molar-refractivity contribution in [2.45, 2.75) is 4.90 Å². The highest BCUT2D eigenvalue weighted by atomic mass is 32.2. The number of carbonyl (C=O) groups is 1. The lowest BCUT2D eigenvalue weighted by atomic mass is 10.2. The predicted molar refractivity (Wildman–Crippen MR) is 74.7 cm³/mol. The molecule has 0 saturated carbocycles. The molecule has 0 aliphatic carbocycles.